The van der Waals surface area contributed by atoms with E-state index >= 15 is 0 Å². The molecule has 0 radical (unpaired) electrons. The van der Waals surface area contributed by atoms with E-state index in [1.165, 1.54) is 18.2 Å². The zero-order valence-electron chi connectivity index (χ0n) is 13.0. The van der Waals surface area contributed by atoms with Gasteiger partial charge in [-0.2, -0.15) is 5.10 Å². The lowest BCUT2D eigenvalue weighted by Gasteiger charge is -2.12. The maximum Gasteiger partial charge on any atom is 0.573 e. The molecule has 1 N–H and O–H groups in total. The number of aryl methyl sites for hydroxylation is 1. The van der Waals surface area contributed by atoms with Crippen molar-refractivity contribution >= 4 is 23.0 Å². The lowest BCUT2D eigenvalue weighted by Crippen LogP contribution is -2.17. The molecule has 0 atom stereocenters. The van der Waals surface area contributed by atoms with Gasteiger partial charge >= 0.3 is 6.36 Å². The molecule has 3 rings (SSSR count). The van der Waals surface area contributed by atoms with E-state index in [0.717, 1.165) is 11.3 Å². The van der Waals surface area contributed by atoms with Crippen molar-refractivity contribution in [3.63, 3.8) is 0 Å². The third-order valence-corrected chi connectivity index (χ3v) is 3.66. The molecule has 4 nitrogen and oxygen atoms in total. The number of nitrogens with one attached hydrogen (secondary N) is 1. The maximum atomic E-state index is 12.3. The summed E-state index contributed by atoms with van der Waals surface area (Å²) >= 11 is 6.15. The fraction of sp³-hybridized carbons (Fsp3) is 0.118. The Kier molecular flexibility index (Phi) is 4.59. The van der Waals surface area contributed by atoms with Gasteiger partial charge in [0.2, 0.25) is 0 Å². The van der Waals surface area contributed by atoms with Gasteiger partial charge in [0.15, 0.2) is 0 Å². The van der Waals surface area contributed by atoms with Crippen LogP contribution in [0.25, 0.3) is 11.3 Å². The van der Waals surface area contributed by atoms with Gasteiger partial charge < -0.3 is 10.1 Å². The highest BCUT2D eigenvalue weighted by molar-refractivity contribution is 6.33. The van der Waals surface area contributed by atoms with Gasteiger partial charge in [0.25, 0.3) is 0 Å². The lowest BCUT2D eigenvalue weighted by molar-refractivity contribution is -0.274. The second-order valence-corrected chi connectivity index (χ2v) is 5.65. The van der Waals surface area contributed by atoms with Crippen LogP contribution in [0, 0.1) is 0 Å². The molecule has 2 aromatic carbocycles. The predicted octanol–water partition coefficient (Wildman–Crippen LogP) is 5.38. The standard InChI is InChI=1S/C17H13ClF3N3O/c1-24-16(15(18)10-22-24)11-4-2-5-12(8-11)23-13-6-3-7-14(9-13)25-17(19,20)21/h2-10,23H,1H3. The molecule has 0 bridgehead atoms. The number of aromatic nitrogens is 2. The zero-order valence-corrected chi connectivity index (χ0v) is 13.8. The van der Waals surface area contributed by atoms with Crippen LogP contribution in [0.2, 0.25) is 5.02 Å². The van der Waals surface area contributed by atoms with Crippen molar-refractivity contribution in [1.29, 1.82) is 0 Å². The molecule has 0 unspecified atom stereocenters. The minimum Gasteiger partial charge on any atom is -0.406 e. The van der Waals surface area contributed by atoms with Crippen LogP contribution in [0.3, 0.4) is 0 Å². The van der Waals surface area contributed by atoms with Gasteiger partial charge in [-0.1, -0.05) is 29.8 Å². The van der Waals surface area contributed by atoms with Gasteiger partial charge in [0, 0.05) is 30.1 Å². The molecule has 0 aliphatic heterocycles. The largest absolute Gasteiger partial charge is 0.573 e. The third-order valence-electron chi connectivity index (χ3n) is 3.39. The van der Waals surface area contributed by atoms with E-state index in [0.29, 0.717) is 16.4 Å². The summed E-state index contributed by atoms with van der Waals surface area (Å²) in [6.07, 6.45) is -3.18. The predicted molar refractivity (Wildman–Crippen MR) is 90.1 cm³/mol. The van der Waals surface area contributed by atoms with Gasteiger partial charge in [0.05, 0.1) is 16.9 Å². The van der Waals surface area contributed by atoms with E-state index in [4.69, 9.17) is 11.6 Å². The quantitative estimate of drug-likeness (QED) is 0.672. The summed E-state index contributed by atoms with van der Waals surface area (Å²) in [6, 6.07) is 13.0. The summed E-state index contributed by atoms with van der Waals surface area (Å²) < 4.78 is 42.5. The van der Waals surface area contributed by atoms with Crippen LogP contribution >= 0.6 is 11.6 Å². The molecule has 0 amide bonds. The molecule has 1 aromatic heterocycles. The topological polar surface area (TPSA) is 39.1 Å². The van der Waals surface area contributed by atoms with Crippen LogP contribution in [0.5, 0.6) is 5.75 Å². The number of hydrogen-bond acceptors (Lipinski definition) is 3. The first-order valence-electron chi connectivity index (χ1n) is 7.22. The number of anilines is 2. The Bertz CT molecular complexity index is 873. The van der Waals surface area contributed by atoms with Gasteiger partial charge in [-0.3, -0.25) is 4.68 Å². The van der Waals surface area contributed by atoms with Crippen LogP contribution in [0.1, 0.15) is 0 Å². The Morgan fingerprint density at radius 2 is 1.76 bits per heavy atom. The van der Waals surface area contributed by atoms with Crippen LogP contribution in [0.4, 0.5) is 24.5 Å². The second-order valence-electron chi connectivity index (χ2n) is 5.25. The monoisotopic (exact) mass is 367 g/mol. The van der Waals surface area contributed by atoms with Crippen molar-refractivity contribution in [2.75, 3.05) is 5.32 Å². The van der Waals surface area contributed by atoms with E-state index < -0.39 is 6.36 Å². The average Bonchev–Trinajstić information content (AvgIpc) is 2.85. The van der Waals surface area contributed by atoms with Gasteiger partial charge in [-0.15, -0.1) is 13.2 Å². The maximum absolute atomic E-state index is 12.3. The molecular formula is C17H13ClF3N3O. The normalized spacial score (nSPS) is 11.4. The van der Waals surface area contributed by atoms with E-state index in [9.17, 15) is 13.2 Å². The number of halogens is 4. The smallest absolute Gasteiger partial charge is 0.406 e. The minimum atomic E-state index is -4.73. The Hall–Kier alpha value is -2.67. The SMILES string of the molecule is Cn1ncc(Cl)c1-c1cccc(Nc2cccc(OC(F)(F)F)c2)c1. The van der Waals surface area contributed by atoms with Crippen LogP contribution in [0.15, 0.2) is 54.7 Å². The van der Waals surface area contributed by atoms with Crippen molar-refractivity contribution in [3.05, 3.63) is 59.8 Å². The van der Waals surface area contributed by atoms with Crippen LogP contribution < -0.4 is 10.1 Å². The molecule has 8 heteroatoms. The molecule has 130 valence electrons. The molecule has 0 spiro atoms. The third kappa shape index (κ3) is 4.24. The zero-order chi connectivity index (χ0) is 18.0. The summed E-state index contributed by atoms with van der Waals surface area (Å²) in [6.45, 7) is 0. The molecule has 1 heterocycles. The number of benzene rings is 2. The van der Waals surface area contributed by atoms with Crippen molar-refractivity contribution in [2.45, 2.75) is 6.36 Å². The highest BCUT2D eigenvalue weighted by Gasteiger charge is 2.31. The summed E-state index contributed by atoms with van der Waals surface area (Å²) in [5.74, 6) is -0.289. The van der Waals surface area contributed by atoms with Crippen molar-refractivity contribution in [3.8, 4) is 17.0 Å². The van der Waals surface area contributed by atoms with Crippen LogP contribution in [-0.2, 0) is 7.05 Å². The summed E-state index contributed by atoms with van der Waals surface area (Å²) in [7, 11) is 1.78. The minimum absolute atomic E-state index is 0.289. The average molecular weight is 368 g/mol. The Labute approximate surface area is 146 Å². The summed E-state index contributed by atoms with van der Waals surface area (Å²) in [5, 5.41) is 7.66. The summed E-state index contributed by atoms with van der Waals surface area (Å²) in [5.41, 5.74) is 2.74. The van der Waals surface area contributed by atoms with E-state index in [1.54, 1.807) is 30.1 Å². The van der Waals surface area contributed by atoms with E-state index in [2.05, 4.69) is 15.2 Å². The number of nitrogens with zero attached hydrogens (tertiary/aromatic N) is 2. The Morgan fingerprint density at radius 1 is 1.08 bits per heavy atom. The fourth-order valence-corrected chi connectivity index (χ4v) is 2.69. The Morgan fingerprint density at radius 3 is 2.40 bits per heavy atom. The Balaban J connectivity index is 1.85. The van der Waals surface area contributed by atoms with E-state index in [-0.39, 0.29) is 5.75 Å². The molecule has 0 saturated heterocycles. The highest BCUT2D eigenvalue weighted by Crippen LogP contribution is 2.31. The fourth-order valence-electron chi connectivity index (χ4n) is 2.42. The van der Waals surface area contributed by atoms with Gasteiger partial charge in [-0.05, 0) is 24.3 Å². The van der Waals surface area contributed by atoms with Crippen LogP contribution in [-0.4, -0.2) is 16.1 Å². The van der Waals surface area contributed by atoms with Crippen molar-refractivity contribution < 1.29 is 17.9 Å². The molecule has 0 fully saturated rings. The molecular weight excluding hydrogens is 355 g/mol. The molecule has 0 aliphatic carbocycles. The molecule has 0 saturated carbocycles. The number of rotatable bonds is 4. The molecule has 25 heavy (non-hydrogen) atoms. The van der Waals surface area contributed by atoms with Gasteiger partial charge in [-0.25, -0.2) is 0 Å². The van der Waals surface area contributed by atoms with Crippen molar-refractivity contribution in [2.24, 2.45) is 7.05 Å². The highest BCUT2D eigenvalue weighted by atomic mass is 35.5. The van der Waals surface area contributed by atoms with Gasteiger partial charge in [0.1, 0.15) is 5.75 Å². The molecule has 0 aliphatic rings. The second kappa shape index (κ2) is 6.68. The first kappa shape index (κ1) is 17.2. The number of ether oxygens (including phenoxy) is 1. The molecule has 3 aromatic rings. The van der Waals surface area contributed by atoms with E-state index in [1.807, 2.05) is 18.2 Å². The number of alkyl halides is 3. The number of hydrogen-bond donors (Lipinski definition) is 1. The first-order valence-corrected chi connectivity index (χ1v) is 7.60. The lowest BCUT2D eigenvalue weighted by atomic mass is 10.1. The summed E-state index contributed by atoms with van der Waals surface area (Å²) in [4.78, 5) is 0. The first-order chi connectivity index (χ1) is 11.8. The van der Waals surface area contributed by atoms with Crippen molar-refractivity contribution in [1.82, 2.24) is 9.78 Å².